The molecule has 2 aromatic heterocycles. The maximum atomic E-state index is 8.19. The molecular formula is C55H39N3O2. The van der Waals surface area contributed by atoms with Crippen LogP contribution in [0.15, 0.2) is 173 Å². The number of benzene rings is 9. The first-order chi connectivity index (χ1) is 29.3. The van der Waals surface area contributed by atoms with Gasteiger partial charge in [-0.2, -0.15) is 0 Å². The lowest BCUT2D eigenvalue weighted by Crippen LogP contribution is -2.11. The molecule has 0 saturated heterocycles. The number of hydrogen-bond donors (Lipinski definition) is 0. The first-order valence-corrected chi connectivity index (χ1v) is 20.3. The number of furan rings is 2. The van der Waals surface area contributed by atoms with Crippen LogP contribution in [0.2, 0.25) is 0 Å². The van der Waals surface area contributed by atoms with E-state index in [4.69, 9.17) is 15.4 Å². The van der Waals surface area contributed by atoms with Crippen LogP contribution in [0.1, 0.15) is 22.3 Å². The fourth-order valence-electron chi connectivity index (χ4n) is 8.98. The summed E-state index contributed by atoms with van der Waals surface area (Å²) in [5, 5.41) is 8.11. The molecule has 0 bridgehead atoms. The molecule has 2 heterocycles. The molecule has 0 fully saturated rings. The molecule has 5 nitrogen and oxygen atoms in total. The largest absolute Gasteiger partial charge is 0.467 e. The summed E-state index contributed by atoms with van der Waals surface area (Å²) >= 11 is 0. The highest BCUT2D eigenvalue weighted by molar-refractivity contribution is 6.30. The van der Waals surface area contributed by atoms with Crippen LogP contribution in [-0.2, 0) is 0 Å². The second-order valence-corrected chi connectivity index (χ2v) is 15.8. The highest BCUT2D eigenvalue weighted by Gasteiger charge is 2.23. The summed E-state index contributed by atoms with van der Waals surface area (Å²) in [6, 6.07) is 57.7. The van der Waals surface area contributed by atoms with Crippen molar-refractivity contribution in [3.63, 3.8) is 0 Å². The molecule has 5 heteroatoms. The zero-order valence-electron chi connectivity index (χ0n) is 33.7. The Hall–Kier alpha value is -7.81. The number of para-hydroxylation sites is 2. The fraction of sp³-hybridized carbons (Fsp3) is 0.0727. The summed E-state index contributed by atoms with van der Waals surface area (Å²) < 4.78 is 13.3. The van der Waals surface area contributed by atoms with E-state index < -0.39 is 0 Å². The minimum absolute atomic E-state index is 0.432. The Morgan fingerprint density at radius 3 is 1.43 bits per heavy atom. The van der Waals surface area contributed by atoms with Crippen LogP contribution in [0, 0.1) is 34.3 Å². The third-order valence-corrected chi connectivity index (χ3v) is 12.3. The number of nitrogens with zero attached hydrogens (tertiary/aromatic N) is 3. The quantitative estimate of drug-likeness (QED) is 0.158. The van der Waals surface area contributed by atoms with Gasteiger partial charge in [0.25, 0.3) is 0 Å². The number of hydrogen-bond acceptors (Lipinski definition) is 4. The summed E-state index contributed by atoms with van der Waals surface area (Å²) in [6.45, 7) is 16.9. The van der Waals surface area contributed by atoms with E-state index >= 15 is 0 Å². The van der Waals surface area contributed by atoms with Crippen molar-refractivity contribution in [3.05, 3.63) is 197 Å². The predicted molar refractivity (Wildman–Crippen MR) is 251 cm³/mol. The number of fused-ring (bicyclic) bond motifs is 9. The van der Waals surface area contributed by atoms with Crippen molar-refractivity contribution >= 4 is 105 Å². The lowest BCUT2D eigenvalue weighted by Gasteiger charge is -2.28. The molecule has 0 saturated carbocycles. The second kappa shape index (κ2) is 13.7. The molecule has 286 valence electrons. The highest BCUT2D eigenvalue weighted by Crippen LogP contribution is 2.47. The Kier molecular flexibility index (Phi) is 8.05. The second-order valence-electron chi connectivity index (χ2n) is 15.8. The van der Waals surface area contributed by atoms with Crippen LogP contribution in [0.5, 0.6) is 0 Å². The summed E-state index contributed by atoms with van der Waals surface area (Å²) in [5.74, 6) is 0. The van der Waals surface area contributed by atoms with Crippen LogP contribution in [0.25, 0.3) is 70.3 Å². The van der Waals surface area contributed by atoms with E-state index in [1.165, 1.54) is 22.3 Å². The van der Waals surface area contributed by atoms with Gasteiger partial charge in [-0.25, -0.2) is 4.85 Å². The Morgan fingerprint density at radius 2 is 0.917 bits per heavy atom. The van der Waals surface area contributed by atoms with Gasteiger partial charge in [0.2, 0.25) is 5.69 Å². The Bertz CT molecular complexity index is 3560. The molecule has 0 N–H and O–H groups in total. The number of aryl methyl sites for hydroxylation is 2. The Morgan fingerprint density at radius 1 is 0.417 bits per heavy atom. The molecule has 9 aromatic carbocycles. The van der Waals surface area contributed by atoms with Gasteiger partial charge in [0.1, 0.15) is 22.3 Å². The molecule has 0 aliphatic rings. The van der Waals surface area contributed by atoms with Crippen molar-refractivity contribution in [2.75, 3.05) is 9.80 Å². The van der Waals surface area contributed by atoms with Gasteiger partial charge in [-0.05, 0) is 162 Å². The minimum atomic E-state index is 0.432. The maximum Gasteiger partial charge on any atom is 0.233 e. The summed E-state index contributed by atoms with van der Waals surface area (Å²) in [7, 11) is 0. The van der Waals surface area contributed by atoms with E-state index in [1.807, 2.05) is 12.1 Å². The van der Waals surface area contributed by atoms with Gasteiger partial charge in [-0.3, -0.25) is 0 Å². The SMILES string of the molecule is [C-]#[N+]c1cc2oc3cc4cc(N(c5ccccc5)c5cccc(C)c5C)ccc4cc3c2c2c1oc1cc3cc(N(c4ccccc4)c4cccc(C)c4C)ccc3cc12. The predicted octanol–water partition coefficient (Wildman–Crippen LogP) is 16.5. The van der Waals surface area contributed by atoms with E-state index in [0.717, 1.165) is 88.4 Å². The van der Waals surface area contributed by atoms with Gasteiger partial charge < -0.3 is 18.6 Å². The number of anilines is 6. The molecule has 60 heavy (non-hydrogen) atoms. The zero-order chi connectivity index (χ0) is 40.6. The van der Waals surface area contributed by atoms with E-state index in [2.05, 4.69) is 194 Å². The molecular weight excluding hydrogens is 735 g/mol. The Balaban J connectivity index is 1.08. The average Bonchev–Trinajstić information content (AvgIpc) is 3.82. The lowest BCUT2D eigenvalue weighted by atomic mass is 9.99. The summed E-state index contributed by atoms with van der Waals surface area (Å²) in [4.78, 5) is 8.59. The highest BCUT2D eigenvalue weighted by atomic mass is 16.3. The molecule has 11 aromatic rings. The standard InChI is InChI=1S/C55H39N3O2/c1-33-14-12-20-48(35(33)3)57(41-16-8-6-9-17-41)43-24-22-37-28-45-50(30-39(37)26-43)59-52-32-47(56-5)55-54(53(45)52)46-29-38-23-25-44(27-40(38)31-51(46)60-55)58(42-18-10-7-11-19-42)49-21-13-15-34(2)36(49)4/h6-32H,1-4H3. The van der Waals surface area contributed by atoms with Crippen LogP contribution >= 0.6 is 0 Å². The topological polar surface area (TPSA) is 37.1 Å². The average molecular weight is 774 g/mol. The molecule has 0 aliphatic heterocycles. The summed E-state index contributed by atoms with van der Waals surface area (Å²) in [6.07, 6.45) is 0. The molecule has 0 amide bonds. The van der Waals surface area contributed by atoms with E-state index in [-0.39, 0.29) is 0 Å². The summed E-state index contributed by atoms with van der Waals surface area (Å²) in [5.41, 5.74) is 14.7. The van der Waals surface area contributed by atoms with Crippen molar-refractivity contribution in [1.29, 1.82) is 0 Å². The maximum absolute atomic E-state index is 8.19. The Labute approximate surface area is 347 Å². The van der Waals surface area contributed by atoms with E-state index in [9.17, 15) is 0 Å². The van der Waals surface area contributed by atoms with Crippen molar-refractivity contribution in [2.24, 2.45) is 0 Å². The van der Waals surface area contributed by atoms with Crippen molar-refractivity contribution in [1.82, 2.24) is 0 Å². The van der Waals surface area contributed by atoms with Gasteiger partial charge in [0, 0.05) is 55.7 Å². The van der Waals surface area contributed by atoms with Gasteiger partial charge in [-0.15, -0.1) is 0 Å². The van der Waals surface area contributed by atoms with Gasteiger partial charge in [-0.1, -0.05) is 72.8 Å². The van der Waals surface area contributed by atoms with Crippen molar-refractivity contribution in [2.45, 2.75) is 27.7 Å². The molecule has 0 atom stereocenters. The normalized spacial score (nSPS) is 11.7. The molecule has 0 radical (unpaired) electrons. The first-order valence-electron chi connectivity index (χ1n) is 20.3. The molecule has 0 aliphatic carbocycles. The van der Waals surface area contributed by atoms with Crippen LogP contribution in [0.4, 0.5) is 39.8 Å². The van der Waals surface area contributed by atoms with Gasteiger partial charge >= 0.3 is 0 Å². The number of rotatable bonds is 6. The lowest BCUT2D eigenvalue weighted by molar-refractivity contribution is 0.665. The van der Waals surface area contributed by atoms with Gasteiger partial charge in [0.05, 0.1) is 6.57 Å². The first kappa shape index (κ1) is 35.4. The minimum Gasteiger partial charge on any atom is -0.467 e. The van der Waals surface area contributed by atoms with Gasteiger partial charge in [0.15, 0.2) is 0 Å². The molecule has 11 rings (SSSR count). The zero-order valence-corrected chi connectivity index (χ0v) is 33.7. The smallest absolute Gasteiger partial charge is 0.233 e. The monoisotopic (exact) mass is 773 g/mol. The van der Waals surface area contributed by atoms with Crippen molar-refractivity contribution in [3.8, 4) is 0 Å². The fourth-order valence-corrected chi connectivity index (χ4v) is 8.98. The van der Waals surface area contributed by atoms with E-state index in [1.54, 1.807) is 0 Å². The third-order valence-electron chi connectivity index (χ3n) is 12.3. The van der Waals surface area contributed by atoms with Crippen LogP contribution in [-0.4, -0.2) is 0 Å². The van der Waals surface area contributed by atoms with Crippen LogP contribution in [0.3, 0.4) is 0 Å². The molecule has 0 spiro atoms. The van der Waals surface area contributed by atoms with E-state index in [0.29, 0.717) is 16.9 Å². The van der Waals surface area contributed by atoms with Crippen molar-refractivity contribution < 1.29 is 8.83 Å². The van der Waals surface area contributed by atoms with Crippen LogP contribution < -0.4 is 9.80 Å². The third kappa shape index (κ3) is 5.53. The molecule has 0 unspecified atom stereocenters.